The Morgan fingerprint density at radius 3 is 2.92 bits per heavy atom. The van der Waals surface area contributed by atoms with Gasteiger partial charge in [0.1, 0.15) is 18.0 Å². The zero-order valence-electron chi connectivity index (χ0n) is 13.4. The first-order chi connectivity index (χ1) is 12.1. The van der Waals surface area contributed by atoms with Gasteiger partial charge in [-0.3, -0.25) is 14.2 Å². The highest BCUT2D eigenvalue weighted by Crippen LogP contribution is 2.31. The molecule has 2 aromatic heterocycles. The van der Waals surface area contributed by atoms with Crippen LogP contribution in [0.15, 0.2) is 39.6 Å². The first-order valence-corrected chi connectivity index (χ1v) is 9.50. The van der Waals surface area contributed by atoms with Crippen molar-refractivity contribution >= 4 is 39.1 Å². The number of thiophene rings is 1. The Balaban J connectivity index is 1.54. The molecule has 1 aromatic carbocycles. The standard InChI is InChI=1S/C17H14N2O4S2/c1-19-16(21)11-4-7-24-15(11)18-17(19)25-9-12(20)10-2-3-13-14(8-10)23-6-5-22-13/h2-4,7-8H,5-6,9H2,1H3. The van der Waals surface area contributed by atoms with Crippen molar-refractivity contribution in [2.75, 3.05) is 19.0 Å². The Morgan fingerprint density at radius 1 is 1.28 bits per heavy atom. The first kappa shape index (κ1) is 16.2. The summed E-state index contributed by atoms with van der Waals surface area (Å²) in [5.41, 5.74) is 0.458. The average Bonchev–Trinajstić information content (AvgIpc) is 3.11. The molecule has 0 amide bonds. The molecule has 0 saturated heterocycles. The molecule has 8 heteroatoms. The molecule has 1 aliphatic rings. The van der Waals surface area contributed by atoms with Crippen LogP contribution in [0, 0.1) is 0 Å². The van der Waals surface area contributed by atoms with Crippen LogP contribution in [0.1, 0.15) is 10.4 Å². The zero-order valence-corrected chi connectivity index (χ0v) is 15.0. The third-order valence-corrected chi connectivity index (χ3v) is 5.70. The molecule has 3 heterocycles. The minimum atomic E-state index is -0.0967. The van der Waals surface area contributed by atoms with Crippen molar-refractivity contribution in [1.29, 1.82) is 0 Å². The van der Waals surface area contributed by atoms with E-state index in [0.29, 0.717) is 45.6 Å². The topological polar surface area (TPSA) is 70.4 Å². The van der Waals surface area contributed by atoms with Gasteiger partial charge in [-0.1, -0.05) is 11.8 Å². The van der Waals surface area contributed by atoms with Crippen molar-refractivity contribution in [3.8, 4) is 11.5 Å². The summed E-state index contributed by atoms with van der Waals surface area (Å²) in [5.74, 6) is 1.38. The Kier molecular flexibility index (Phi) is 4.22. The van der Waals surface area contributed by atoms with Crippen molar-refractivity contribution in [2.45, 2.75) is 5.16 Å². The van der Waals surface area contributed by atoms with Crippen LogP contribution in [-0.2, 0) is 7.05 Å². The number of ketones is 1. The number of carbonyl (C=O) groups is 1. The number of hydrogen-bond donors (Lipinski definition) is 0. The normalized spacial score (nSPS) is 13.2. The second kappa shape index (κ2) is 6.53. The molecule has 0 fully saturated rings. The summed E-state index contributed by atoms with van der Waals surface area (Å²) >= 11 is 2.67. The molecular formula is C17H14N2O4S2. The van der Waals surface area contributed by atoms with Crippen LogP contribution in [-0.4, -0.2) is 34.3 Å². The number of nitrogens with zero attached hydrogens (tertiary/aromatic N) is 2. The summed E-state index contributed by atoms with van der Waals surface area (Å²) in [6, 6.07) is 6.94. The predicted molar refractivity (Wildman–Crippen MR) is 97.3 cm³/mol. The number of fused-ring (bicyclic) bond motifs is 2. The number of carbonyl (C=O) groups excluding carboxylic acids is 1. The fourth-order valence-corrected chi connectivity index (χ4v) is 4.21. The third-order valence-electron chi connectivity index (χ3n) is 3.86. The second-order valence-electron chi connectivity index (χ2n) is 5.47. The van der Waals surface area contributed by atoms with E-state index in [1.165, 1.54) is 27.7 Å². The van der Waals surface area contributed by atoms with Gasteiger partial charge in [0, 0.05) is 12.6 Å². The maximum absolute atomic E-state index is 12.5. The van der Waals surface area contributed by atoms with E-state index >= 15 is 0 Å². The average molecular weight is 374 g/mol. The Morgan fingerprint density at radius 2 is 2.08 bits per heavy atom. The summed E-state index contributed by atoms with van der Waals surface area (Å²) in [5, 5.41) is 2.98. The Labute approximate surface area is 151 Å². The van der Waals surface area contributed by atoms with Gasteiger partial charge in [0.05, 0.1) is 11.1 Å². The number of thioether (sulfide) groups is 1. The molecule has 0 atom stereocenters. The van der Waals surface area contributed by atoms with Crippen molar-refractivity contribution in [1.82, 2.24) is 9.55 Å². The molecule has 25 heavy (non-hydrogen) atoms. The van der Waals surface area contributed by atoms with Gasteiger partial charge in [0.2, 0.25) is 0 Å². The van der Waals surface area contributed by atoms with Crippen LogP contribution in [0.5, 0.6) is 11.5 Å². The molecule has 0 radical (unpaired) electrons. The molecule has 4 rings (SSSR count). The highest BCUT2D eigenvalue weighted by Gasteiger charge is 2.16. The number of ether oxygens (including phenoxy) is 2. The third kappa shape index (κ3) is 3.03. The molecular weight excluding hydrogens is 360 g/mol. The monoisotopic (exact) mass is 374 g/mol. The Hall–Kier alpha value is -2.32. The van der Waals surface area contributed by atoms with Gasteiger partial charge in [-0.25, -0.2) is 4.98 Å². The van der Waals surface area contributed by atoms with Gasteiger partial charge >= 0.3 is 0 Å². The van der Waals surface area contributed by atoms with Gasteiger partial charge in [0.15, 0.2) is 22.4 Å². The lowest BCUT2D eigenvalue weighted by Gasteiger charge is -2.18. The highest BCUT2D eigenvalue weighted by atomic mass is 32.2. The zero-order chi connectivity index (χ0) is 17.4. The molecule has 0 bridgehead atoms. The lowest BCUT2D eigenvalue weighted by molar-refractivity contribution is 0.102. The van der Waals surface area contributed by atoms with Crippen LogP contribution >= 0.6 is 23.1 Å². The Bertz CT molecular complexity index is 1030. The van der Waals surface area contributed by atoms with Crippen LogP contribution in [0.2, 0.25) is 0 Å². The quantitative estimate of drug-likeness (QED) is 0.397. The molecule has 0 saturated carbocycles. The molecule has 0 spiro atoms. The summed E-state index contributed by atoms with van der Waals surface area (Å²) in [4.78, 5) is 29.9. The predicted octanol–water partition coefficient (Wildman–Crippen LogP) is 2.74. The maximum Gasteiger partial charge on any atom is 0.262 e. The maximum atomic E-state index is 12.5. The lowest BCUT2D eigenvalue weighted by atomic mass is 10.1. The molecule has 3 aromatic rings. The van der Waals surface area contributed by atoms with Crippen molar-refractivity contribution in [3.05, 3.63) is 45.6 Å². The molecule has 0 aliphatic carbocycles. The van der Waals surface area contributed by atoms with E-state index in [0.717, 1.165) is 0 Å². The van der Waals surface area contributed by atoms with E-state index in [1.807, 2.05) is 5.38 Å². The summed E-state index contributed by atoms with van der Waals surface area (Å²) < 4.78 is 12.5. The SMILES string of the molecule is Cn1c(SCC(=O)c2ccc3c(c2)OCCO3)nc2sccc2c1=O. The van der Waals surface area contributed by atoms with E-state index in [2.05, 4.69) is 4.98 Å². The first-order valence-electron chi connectivity index (χ1n) is 7.63. The number of hydrogen-bond acceptors (Lipinski definition) is 7. The molecule has 0 N–H and O–H groups in total. The van der Waals surface area contributed by atoms with Crippen molar-refractivity contribution in [2.24, 2.45) is 7.05 Å². The molecule has 0 unspecified atom stereocenters. The van der Waals surface area contributed by atoms with Gasteiger partial charge in [-0.05, 0) is 29.6 Å². The van der Waals surface area contributed by atoms with Crippen molar-refractivity contribution < 1.29 is 14.3 Å². The van der Waals surface area contributed by atoms with E-state index in [-0.39, 0.29) is 17.1 Å². The molecule has 1 aliphatic heterocycles. The second-order valence-corrected chi connectivity index (χ2v) is 7.31. The van der Waals surface area contributed by atoms with Gasteiger partial charge in [0.25, 0.3) is 5.56 Å². The lowest BCUT2D eigenvalue weighted by Crippen LogP contribution is -2.19. The molecule has 6 nitrogen and oxygen atoms in total. The highest BCUT2D eigenvalue weighted by molar-refractivity contribution is 7.99. The number of Topliss-reactive ketones (excluding diaryl/α,β-unsaturated/α-hetero) is 1. The van der Waals surface area contributed by atoms with Gasteiger partial charge in [-0.2, -0.15) is 0 Å². The fourth-order valence-electron chi connectivity index (χ4n) is 2.54. The van der Waals surface area contributed by atoms with Crippen LogP contribution in [0.4, 0.5) is 0 Å². The van der Waals surface area contributed by atoms with E-state index in [4.69, 9.17) is 9.47 Å². The smallest absolute Gasteiger partial charge is 0.262 e. The van der Waals surface area contributed by atoms with E-state index < -0.39 is 0 Å². The summed E-state index contributed by atoms with van der Waals surface area (Å²) in [6.07, 6.45) is 0. The largest absolute Gasteiger partial charge is 0.486 e. The van der Waals surface area contributed by atoms with E-state index in [9.17, 15) is 9.59 Å². The summed E-state index contributed by atoms with van der Waals surface area (Å²) in [6.45, 7) is 0.993. The number of aromatic nitrogens is 2. The van der Waals surface area contributed by atoms with Crippen molar-refractivity contribution in [3.63, 3.8) is 0 Å². The van der Waals surface area contributed by atoms with Gasteiger partial charge in [-0.15, -0.1) is 11.3 Å². The fraction of sp³-hybridized carbons (Fsp3) is 0.235. The number of benzene rings is 1. The summed E-state index contributed by atoms with van der Waals surface area (Å²) in [7, 11) is 1.67. The van der Waals surface area contributed by atoms with Crippen LogP contribution in [0.25, 0.3) is 10.2 Å². The minimum Gasteiger partial charge on any atom is -0.486 e. The van der Waals surface area contributed by atoms with E-state index in [1.54, 1.807) is 31.3 Å². The van der Waals surface area contributed by atoms with Crippen LogP contribution < -0.4 is 15.0 Å². The van der Waals surface area contributed by atoms with Crippen LogP contribution in [0.3, 0.4) is 0 Å². The molecule has 128 valence electrons. The van der Waals surface area contributed by atoms with Gasteiger partial charge < -0.3 is 9.47 Å². The number of rotatable bonds is 4. The minimum absolute atomic E-state index is 0.0532.